The third-order valence-corrected chi connectivity index (χ3v) is 9.04. The van der Waals surface area contributed by atoms with Crippen LogP contribution in [0.3, 0.4) is 0 Å². The van der Waals surface area contributed by atoms with Crippen LogP contribution in [0.1, 0.15) is 36.1 Å². The van der Waals surface area contributed by atoms with E-state index < -0.39 is 0 Å². The van der Waals surface area contributed by atoms with Gasteiger partial charge in [0.25, 0.3) is 0 Å². The summed E-state index contributed by atoms with van der Waals surface area (Å²) in [5.74, 6) is 1.20. The minimum absolute atomic E-state index is 0.204. The number of hydroxylamine groups is 1. The summed E-state index contributed by atoms with van der Waals surface area (Å²) in [5, 5.41) is 11.9. The van der Waals surface area contributed by atoms with E-state index in [1.165, 1.54) is 11.0 Å². The predicted molar refractivity (Wildman–Crippen MR) is 143 cm³/mol. The molecule has 8 heteroatoms. The number of carbonyl (C=O) groups excluding carboxylic acids is 2. The molecule has 1 aliphatic rings. The lowest BCUT2D eigenvalue weighted by Crippen LogP contribution is -2.32. The molecule has 1 aliphatic heterocycles. The van der Waals surface area contributed by atoms with Crippen LogP contribution in [0, 0.1) is 0 Å². The van der Waals surface area contributed by atoms with E-state index in [9.17, 15) is 9.59 Å². The summed E-state index contributed by atoms with van der Waals surface area (Å²) in [7, 11) is 1.60. The Hall–Kier alpha value is -3.07. The number of methoxy groups -OCH3 is 1. The Kier molecular flexibility index (Phi) is 8.28. The third kappa shape index (κ3) is 6.33. The first kappa shape index (κ1) is 25.0. The fourth-order valence-corrected chi connectivity index (χ4v) is 7.00. The Morgan fingerprint density at radius 2 is 1.83 bits per heavy atom. The summed E-state index contributed by atoms with van der Waals surface area (Å²) >= 11 is 3.51. The summed E-state index contributed by atoms with van der Waals surface area (Å²) in [6, 6.07) is 19.4. The van der Waals surface area contributed by atoms with E-state index in [2.05, 4.69) is 17.4 Å². The van der Waals surface area contributed by atoms with Gasteiger partial charge in [-0.25, -0.2) is 5.48 Å². The van der Waals surface area contributed by atoms with Crippen LogP contribution >= 0.6 is 23.1 Å². The second kappa shape index (κ2) is 11.6. The zero-order valence-corrected chi connectivity index (χ0v) is 21.1. The highest BCUT2D eigenvalue weighted by atomic mass is 32.2. The van der Waals surface area contributed by atoms with Crippen molar-refractivity contribution >= 4 is 46.7 Å². The Morgan fingerprint density at radius 1 is 1.06 bits per heavy atom. The van der Waals surface area contributed by atoms with Crippen molar-refractivity contribution in [2.24, 2.45) is 0 Å². The smallest absolute Gasteiger partial charge is 0.248 e. The van der Waals surface area contributed by atoms with Crippen molar-refractivity contribution in [2.45, 2.75) is 30.4 Å². The first-order valence-electron chi connectivity index (χ1n) is 11.4. The summed E-state index contributed by atoms with van der Waals surface area (Å²) in [4.78, 5) is 26.5. The van der Waals surface area contributed by atoms with Gasteiger partial charge in [0.15, 0.2) is 0 Å². The second-order valence-corrected chi connectivity index (χ2v) is 10.9. The number of carbonyl (C=O) groups is 2. The number of benzene rings is 2. The SMILES string of the molecule is COc1ccc(NC(=O)C=Cc2ccc(-c3ccc([C@@]4(CC(=O)NO)CCCCS4)s3)cc2)cc1. The lowest BCUT2D eigenvalue weighted by Gasteiger charge is -2.35. The number of thioether (sulfide) groups is 1. The topological polar surface area (TPSA) is 87.7 Å². The number of ether oxygens (including phenoxy) is 1. The van der Waals surface area contributed by atoms with Gasteiger partial charge in [-0.3, -0.25) is 14.8 Å². The number of rotatable bonds is 8. The Morgan fingerprint density at radius 3 is 2.49 bits per heavy atom. The molecule has 1 atom stereocenters. The lowest BCUT2D eigenvalue weighted by molar-refractivity contribution is -0.129. The fourth-order valence-electron chi connectivity index (χ4n) is 4.10. The maximum atomic E-state index is 12.2. The van der Waals surface area contributed by atoms with Crippen molar-refractivity contribution in [1.82, 2.24) is 5.48 Å². The molecule has 0 aliphatic carbocycles. The molecule has 3 aromatic rings. The summed E-state index contributed by atoms with van der Waals surface area (Å²) in [5.41, 5.74) is 4.52. The molecule has 35 heavy (non-hydrogen) atoms. The molecule has 2 amide bonds. The van der Waals surface area contributed by atoms with Crippen molar-refractivity contribution in [3.8, 4) is 16.2 Å². The molecule has 3 N–H and O–H groups in total. The fraction of sp³-hybridized carbons (Fsp3) is 0.259. The van der Waals surface area contributed by atoms with Crippen LogP contribution in [0.4, 0.5) is 5.69 Å². The molecule has 6 nitrogen and oxygen atoms in total. The van der Waals surface area contributed by atoms with Crippen LogP contribution in [0.25, 0.3) is 16.5 Å². The lowest BCUT2D eigenvalue weighted by atomic mass is 9.94. The van der Waals surface area contributed by atoms with Gasteiger partial charge < -0.3 is 10.1 Å². The highest BCUT2D eigenvalue weighted by Gasteiger charge is 2.38. The number of thiophene rings is 1. The molecule has 2 aromatic carbocycles. The molecule has 0 saturated carbocycles. The second-order valence-electron chi connectivity index (χ2n) is 8.35. The largest absolute Gasteiger partial charge is 0.497 e. The number of amides is 2. The van der Waals surface area contributed by atoms with Crippen LogP contribution in [0.15, 0.2) is 66.7 Å². The number of hydrogen-bond acceptors (Lipinski definition) is 6. The molecular formula is C27H28N2O4S2. The summed E-state index contributed by atoms with van der Waals surface area (Å²) < 4.78 is 4.84. The number of nitrogens with one attached hydrogen (secondary N) is 2. The third-order valence-electron chi connectivity index (χ3n) is 5.96. The molecule has 0 bridgehead atoms. The normalized spacial score (nSPS) is 17.8. The highest BCUT2D eigenvalue weighted by molar-refractivity contribution is 8.00. The van der Waals surface area contributed by atoms with E-state index in [4.69, 9.17) is 9.94 Å². The monoisotopic (exact) mass is 508 g/mol. The first-order chi connectivity index (χ1) is 17.0. The Balaban J connectivity index is 1.42. The molecule has 1 aromatic heterocycles. The Labute approximate surface area is 213 Å². The van der Waals surface area contributed by atoms with Crippen LogP contribution in [0.2, 0.25) is 0 Å². The molecule has 1 fully saturated rings. The van der Waals surface area contributed by atoms with Crippen molar-refractivity contribution in [3.63, 3.8) is 0 Å². The highest BCUT2D eigenvalue weighted by Crippen LogP contribution is 2.50. The predicted octanol–water partition coefficient (Wildman–Crippen LogP) is 6.08. The van der Waals surface area contributed by atoms with E-state index in [-0.39, 0.29) is 23.0 Å². The van der Waals surface area contributed by atoms with Crippen LogP contribution < -0.4 is 15.5 Å². The van der Waals surface area contributed by atoms with Gasteiger partial charge in [-0.05, 0) is 72.2 Å². The standard InChI is InChI=1S/C27H28N2O4S2/c1-33-22-11-9-21(10-12-22)28-25(30)15-6-19-4-7-20(8-5-19)23-13-14-24(35-23)27(18-26(31)29-32)16-2-3-17-34-27/h4-15,32H,2-3,16-18H2,1H3,(H,28,30)(H,29,31)/t27-/m0/s1. The van der Waals surface area contributed by atoms with Gasteiger partial charge >= 0.3 is 0 Å². The van der Waals surface area contributed by atoms with Crippen molar-refractivity contribution in [1.29, 1.82) is 0 Å². The maximum Gasteiger partial charge on any atom is 0.248 e. The molecular weight excluding hydrogens is 480 g/mol. The average molecular weight is 509 g/mol. The average Bonchev–Trinajstić information content (AvgIpc) is 3.40. The first-order valence-corrected chi connectivity index (χ1v) is 13.2. The zero-order valence-electron chi connectivity index (χ0n) is 19.5. The maximum absolute atomic E-state index is 12.2. The van der Waals surface area contributed by atoms with Gasteiger partial charge in [0.1, 0.15) is 5.75 Å². The van der Waals surface area contributed by atoms with Crippen molar-refractivity contribution in [2.75, 3.05) is 18.2 Å². The molecule has 0 radical (unpaired) electrons. The van der Waals surface area contributed by atoms with Crippen molar-refractivity contribution < 1.29 is 19.5 Å². The van der Waals surface area contributed by atoms with Gasteiger partial charge in [-0.2, -0.15) is 0 Å². The van der Waals surface area contributed by atoms with E-state index in [1.54, 1.807) is 54.3 Å². The molecule has 4 rings (SSSR count). The van der Waals surface area contributed by atoms with Gasteiger partial charge in [0.05, 0.1) is 11.9 Å². The van der Waals surface area contributed by atoms with Gasteiger partial charge in [0.2, 0.25) is 11.8 Å². The molecule has 2 heterocycles. The molecule has 0 unspecified atom stereocenters. The van der Waals surface area contributed by atoms with Crippen LogP contribution in [-0.4, -0.2) is 29.9 Å². The summed E-state index contributed by atoms with van der Waals surface area (Å²) in [6.07, 6.45) is 6.72. The Bertz CT molecular complexity index is 1180. The quantitative estimate of drug-likeness (QED) is 0.195. The van der Waals surface area contributed by atoms with Crippen molar-refractivity contribution in [3.05, 3.63) is 77.2 Å². The van der Waals surface area contributed by atoms with E-state index in [0.29, 0.717) is 5.69 Å². The van der Waals surface area contributed by atoms with Crippen LogP contribution in [-0.2, 0) is 14.3 Å². The summed E-state index contributed by atoms with van der Waals surface area (Å²) in [6.45, 7) is 0. The van der Waals surface area contributed by atoms with Gasteiger partial charge in [-0.1, -0.05) is 30.7 Å². The number of anilines is 1. The number of hydrogen-bond donors (Lipinski definition) is 3. The molecule has 0 spiro atoms. The van der Waals surface area contributed by atoms with E-state index in [0.717, 1.165) is 46.8 Å². The van der Waals surface area contributed by atoms with Gasteiger partial charge in [0, 0.05) is 27.9 Å². The minimum Gasteiger partial charge on any atom is -0.497 e. The van der Waals surface area contributed by atoms with E-state index in [1.807, 2.05) is 36.0 Å². The minimum atomic E-state index is -0.346. The molecule has 1 saturated heterocycles. The van der Waals surface area contributed by atoms with Gasteiger partial charge in [-0.15, -0.1) is 23.1 Å². The molecule has 182 valence electrons. The zero-order chi connectivity index (χ0) is 24.7. The van der Waals surface area contributed by atoms with E-state index >= 15 is 0 Å². The van der Waals surface area contributed by atoms with Crippen LogP contribution in [0.5, 0.6) is 5.75 Å².